The highest BCUT2D eigenvalue weighted by Gasteiger charge is 2.22. The first-order chi connectivity index (χ1) is 8.15. The van der Waals surface area contributed by atoms with Gasteiger partial charge in [0.1, 0.15) is 11.9 Å². The fourth-order valence-electron chi connectivity index (χ4n) is 2.41. The Kier molecular flexibility index (Phi) is 3.62. The van der Waals surface area contributed by atoms with Gasteiger partial charge in [0.05, 0.1) is 0 Å². The second kappa shape index (κ2) is 5.00. The van der Waals surface area contributed by atoms with Crippen molar-refractivity contribution in [1.29, 1.82) is 0 Å². The Morgan fingerprint density at radius 1 is 1.53 bits per heavy atom. The fourth-order valence-corrected chi connectivity index (χ4v) is 2.41. The molecular weight excluding hydrogens is 216 g/mol. The maximum absolute atomic E-state index is 12.3. The van der Waals surface area contributed by atoms with Crippen molar-refractivity contribution in [2.75, 3.05) is 0 Å². The molecule has 2 heterocycles. The summed E-state index contributed by atoms with van der Waals surface area (Å²) >= 11 is 0. The van der Waals surface area contributed by atoms with E-state index in [0.29, 0.717) is 18.8 Å². The van der Waals surface area contributed by atoms with Crippen molar-refractivity contribution in [2.24, 2.45) is 0 Å². The topological polar surface area (TPSA) is 55.1 Å². The minimum absolute atomic E-state index is 0.0553. The molecule has 0 bridgehead atoms. The van der Waals surface area contributed by atoms with Crippen molar-refractivity contribution < 1.29 is 5.11 Å². The SMILES string of the molecule is CCCCc1c(C)nc2n(c1=O)CCCC2O. The molecule has 0 radical (unpaired) electrons. The summed E-state index contributed by atoms with van der Waals surface area (Å²) in [5.41, 5.74) is 1.67. The Morgan fingerprint density at radius 2 is 2.29 bits per heavy atom. The molecule has 4 heteroatoms. The lowest BCUT2D eigenvalue weighted by atomic mass is 10.1. The predicted molar refractivity (Wildman–Crippen MR) is 66.0 cm³/mol. The number of unbranched alkanes of at least 4 members (excludes halogenated alkanes) is 1. The van der Waals surface area contributed by atoms with Crippen molar-refractivity contribution in [3.05, 3.63) is 27.4 Å². The van der Waals surface area contributed by atoms with Crippen molar-refractivity contribution in [2.45, 2.75) is 58.6 Å². The summed E-state index contributed by atoms with van der Waals surface area (Å²) in [6.07, 6.45) is 3.87. The highest BCUT2D eigenvalue weighted by Crippen LogP contribution is 2.22. The fraction of sp³-hybridized carbons (Fsp3) is 0.692. The lowest BCUT2D eigenvalue weighted by Gasteiger charge is -2.23. The van der Waals surface area contributed by atoms with E-state index in [4.69, 9.17) is 0 Å². The number of aromatic nitrogens is 2. The van der Waals surface area contributed by atoms with Crippen LogP contribution in [0, 0.1) is 6.92 Å². The molecule has 1 aromatic heterocycles. The number of hydrogen-bond acceptors (Lipinski definition) is 3. The van der Waals surface area contributed by atoms with Gasteiger partial charge < -0.3 is 5.11 Å². The van der Waals surface area contributed by atoms with E-state index in [1.807, 2.05) is 6.92 Å². The third-order valence-electron chi connectivity index (χ3n) is 3.44. The van der Waals surface area contributed by atoms with Crippen LogP contribution >= 0.6 is 0 Å². The normalized spacial score (nSPS) is 19.1. The summed E-state index contributed by atoms with van der Waals surface area (Å²) in [4.78, 5) is 16.7. The van der Waals surface area contributed by atoms with Crippen LogP contribution in [0.5, 0.6) is 0 Å². The molecule has 94 valence electrons. The molecule has 1 aliphatic rings. The van der Waals surface area contributed by atoms with Crippen LogP contribution in [0.4, 0.5) is 0 Å². The predicted octanol–water partition coefficient (Wildman–Crippen LogP) is 1.72. The highest BCUT2D eigenvalue weighted by molar-refractivity contribution is 5.19. The van der Waals surface area contributed by atoms with Crippen molar-refractivity contribution in [3.8, 4) is 0 Å². The van der Waals surface area contributed by atoms with E-state index in [9.17, 15) is 9.90 Å². The monoisotopic (exact) mass is 236 g/mol. The second-order valence-corrected chi connectivity index (χ2v) is 4.75. The van der Waals surface area contributed by atoms with Gasteiger partial charge in [-0.25, -0.2) is 4.98 Å². The molecule has 1 aliphatic heterocycles. The zero-order valence-corrected chi connectivity index (χ0v) is 10.6. The standard InChI is InChI=1S/C13H20N2O2/c1-3-4-6-10-9(2)14-12-11(16)7-5-8-15(12)13(10)17/h11,16H,3-8H2,1-2H3. The van der Waals surface area contributed by atoms with E-state index in [2.05, 4.69) is 11.9 Å². The summed E-state index contributed by atoms with van der Waals surface area (Å²) in [6.45, 7) is 4.68. The van der Waals surface area contributed by atoms with Crippen LogP contribution in [-0.2, 0) is 13.0 Å². The quantitative estimate of drug-likeness (QED) is 0.869. The molecule has 1 unspecified atom stereocenters. The first-order valence-electron chi connectivity index (χ1n) is 6.43. The molecule has 1 aromatic rings. The smallest absolute Gasteiger partial charge is 0.257 e. The van der Waals surface area contributed by atoms with E-state index < -0.39 is 6.10 Å². The molecule has 0 amide bonds. The Labute approximate surface area is 101 Å². The molecule has 1 atom stereocenters. The van der Waals surface area contributed by atoms with E-state index in [-0.39, 0.29) is 5.56 Å². The number of nitrogens with zero attached hydrogens (tertiary/aromatic N) is 2. The van der Waals surface area contributed by atoms with Crippen molar-refractivity contribution in [3.63, 3.8) is 0 Å². The van der Waals surface area contributed by atoms with Gasteiger partial charge in [-0.15, -0.1) is 0 Å². The maximum atomic E-state index is 12.3. The summed E-state index contributed by atoms with van der Waals surface area (Å²) < 4.78 is 1.66. The van der Waals surface area contributed by atoms with Gasteiger partial charge in [0.25, 0.3) is 5.56 Å². The van der Waals surface area contributed by atoms with Crippen molar-refractivity contribution in [1.82, 2.24) is 9.55 Å². The Balaban J connectivity index is 2.47. The van der Waals surface area contributed by atoms with Crippen molar-refractivity contribution >= 4 is 0 Å². The molecule has 0 aromatic carbocycles. The van der Waals surface area contributed by atoms with Crippen LogP contribution in [0.1, 0.15) is 55.8 Å². The molecule has 0 saturated heterocycles. The molecule has 0 spiro atoms. The summed E-state index contributed by atoms with van der Waals surface area (Å²) in [5, 5.41) is 9.85. The molecule has 0 aliphatic carbocycles. The lowest BCUT2D eigenvalue weighted by Crippen LogP contribution is -2.33. The molecule has 0 saturated carbocycles. The first kappa shape index (κ1) is 12.3. The van der Waals surface area contributed by atoms with Gasteiger partial charge >= 0.3 is 0 Å². The minimum atomic E-state index is -0.574. The third-order valence-corrected chi connectivity index (χ3v) is 3.44. The number of aliphatic hydroxyl groups is 1. The number of hydrogen-bond donors (Lipinski definition) is 1. The molecular formula is C13H20N2O2. The average Bonchev–Trinajstić information content (AvgIpc) is 2.31. The number of rotatable bonds is 3. The first-order valence-corrected chi connectivity index (χ1v) is 6.43. The van der Waals surface area contributed by atoms with Gasteiger partial charge in [-0.05, 0) is 32.6 Å². The van der Waals surface area contributed by atoms with Crippen LogP contribution in [0.15, 0.2) is 4.79 Å². The average molecular weight is 236 g/mol. The molecule has 17 heavy (non-hydrogen) atoms. The van der Waals surface area contributed by atoms with E-state index in [0.717, 1.165) is 36.9 Å². The van der Waals surface area contributed by atoms with Gasteiger partial charge in [0.15, 0.2) is 0 Å². The van der Waals surface area contributed by atoms with Crippen LogP contribution in [-0.4, -0.2) is 14.7 Å². The molecule has 0 fully saturated rings. The third kappa shape index (κ3) is 2.27. The summed E-state index contributed by atoms with van der Waals surface area (Å²) in [5.74, 6) is 0.555. The van der Waals surface area contributed by atoms with Crippen LogP contribution < -0.4 is 5.56 Å². The summed E-state index contributed by atoms with van der Waals surface area (Å²) in [7, 11) is 0. The van der Waals surface area contributed by atoms with Gasteiger partial charge in [-0.1, -0.05) is 13.3 Å². The van der Waals surface area contributed by atoms with E-state index in [1.54, 1.807) is 4.57 Å². The molecule has 2 rings (SSSR count). The largest absolute Gasteiger partial charge is 0.385 e. The lowest BCUT2D eigenvalue weighted by molar-refractivity contribution is 0.129. The molecule has 1 N–H and O–H groups in total. The number of aryl methyl sites for hydroxylation is 1. The Bertz CT molecular complexity index is 465. The number of aliphatic hydroxyl groups excluding tert-OH is 1. The summed E-state index contributed by atoms with van der Waals surface area (Å²) in [6, 6.07) is 0. The second-order valence-electron chi connectivity index (χ2n) is 4.75. The minimum Gasteiger partial charge on any atom is -0.385 e. The highest BCUT2D eigenvalue weighted by atomic mass is 16.3. The van der Waals surface area contributed by atoms with Gasteiger partial charge in [-0.3, -0.25) is 9.36 Å². The van der Waals surface area contributed by atoms with Gasteiger partial charge in [0.2, 0.25) is 0 Å². The van der Waals surface area contributed by atoms with Crippen LogP contribution in [0.3, 0.4) is 0 Å². The number of fused-ring (bicyclic) bond motifs is 1. The van der Waals surface area contributed by atoms with Crippen LogP contribution in [0.25, 0.3) is 0 Å². The van der Waals surface area contributed by atoms with Crippen LogP contribution in [0.2, 0.25) is 0 Å². The Hall–Kier alpha value is -1.16. The maximum Gasteiger partial charge on any atom is 0.257 e. The molecule has 4 nitrogen and oxygen atoms in total. The van der Waals surface area contributed by atoms with Gasteiger partial charge in [0, 0.05) is 17.8 Å². The van der Waals surface area contributed by atoms with E-state index >= 15 is 0 Å². The van der Waals surface area contributed by atoms with Gasteiger partial charge in [-0.2, -0.15) is 0 Å². The Morgan fingerprint density at radius 3 is 3.00 bits per heavy atom. The van der Waals surface area contributed by atoms with E-state index in [1.165, 1.54) is 0 Å². The zero-order valence-electron chi connectivity index (χ0n) is 10.6. The zero-order chi connectivity index (χ0) is 12.4.